The first-order valence-electron chi connectivity index (χ1n) is 14.8. The van der Waals surface area contributed by atoms with Gasteiger partial charge in [0, 0.05) is 37.1 Å². The van der Waals surface area contributed by atoms with Gasteiger partial charge in [0.1, 0.15) is 5.82 Å². The van der Waals surface area contributed by atoms with E-state index in [1.807, 2.05) is 30.3 Å². The molecule has 0 saturated carbocycles. The third-order valence-electron chi connectivity index (χ3n) is 7.70. The topological polar surface area (TPSA) is 127 Å². The Morgan fingerprint density at radius 2 is 1.80 bits per heavy atom. The molecule has 4 aromatic rings. The van der Waals surface area contributed by atoms with Crippen LogP contribution in [0.2, 0.25) is 0 Å². The summed E-state index contributed by atoms with van der Waals surface area (Å²) in [6.45, 7) is 7.22. The number of carbonyl (C=O) groups excluding carboxylic acids is 1. The molecule has 2 saturated heterocycles. The van der Waals surface area contributed by atoms with Gasteiger partial charge in [0.2, 0.25) is 18.1 Å². The number of rotatable bonds is 10. The van der Waals surface area contributed by atoms with Gasteiger partial charge >= 0.3 is 0 Å². The molecule has 230 valence electrons. The number of hydrogen-bond donors (Lipinski definition) is 3. The van der Waals surface area contributed by atoms with E-state index >= 15 is 0 Å². The van der Waals surface area contributed by atoms with Gasteiger partial charge < -0.3 is 29.8 Å². The Labute approximate surface area is 255 Å². The lowest BCUT2D eigenvalue weighted by atomic mass is 9.91. The van der Waals surface area contributed by atoms with Gasteiger partial charge in [0.15, 0.2) is 5.82 Å². The molecule has 0 unspecified atom stereocenters. The number of hydrogen-bond acceptors (Lipinski definition) is 9. The number of morpholine rings is 1. The molecule has 0 atom stereocenters. The molecular weight excluding hydrogens is 565 g/mol. The number of imidazole rings is 1. The van der Waals surface area contributed by atoms with Gasteiger partial charge in [-0.15, -0.1) is 0 Å². The Balaban J connectivity index is 1.17. The number of nitrogens with zero attached hydrogens (tertiary/aromatic N) is 4. The lowest BCUT2D eigenvalue weighted by molar-refractivity contribution is -0.229. The monoisotopic (exact) mass is 601 g/mol. The number of halogens is 1. The maximum Gasteiger partial charge on any atom is 0.234 e. The van der Waals surface area contributed by atoms with Gasteiger partial charge in [0.25, 0.3) is 0 Å². The Morgan fingerprint density at radius 1 is 1.05 bits per heavy atom. The lowest BCUT2D eigenvalue weighted by Crippen LogP contribution is -2.45. The number of ether oxygens (including phenoxy) is 3. The van der Waals surface area contributed by atoms with E-state index in [0.29, 0.717) is 40.1 Å². The average molecular weight is 602 g/mol. The smallest absolute Gasteiger partial charge is 0.234 e. The molecule has 2 aliphatic heterocycles. The van der Waals surface area contributed by atoms with Crippen LogP contribution in [0.1, 0.15) is 25.5 Å². The van der Waals surface area contributed by atoms with Crippen LogP contribution in [0.25, 0.3) is 22.6 Å². The molecule has 6 rings (SSSR count). The minimum absolute atomic E-state index is 0.129. The van der Waals surface area contributed by atoms with Crippen molar-refractivity contribution in [2.24, 2.45) is 5.41 Å². The highest BCUT2D eigenvalue weighted by Gasteiger charge is 2.41. The average Bonchev–Trinajstić information content (AvgIpc) is 3.50. The zero-order chi connectivity index (χ0) is 30.4. The third-order valence-corrected chi connectivity index (χ3v) is 7.70. The predicted molar refractivity (Wildman–Crippen MR) is 163 cm³/mol. The summed E-state index contributed by atoms with van der Waals surface area (Å²) in [6.07, 6.45) is 1.80. The zero-order valence-corrected chi connectivity index (χ0v) is 24.6. The van der Waals surface area contributed by atoms with Crippen molar-refractivity contribution >= 4 is 17.5 Å². The second kappa shape index (κ2) is 13.6. The SMILES string of the molecule is CC1(C(=O)Nc2ccccc2)COC(c2nc(-c3ccc(F)cc3)c(-c3ccnc(NCCCN4CCOCC4)n3)[nH]2)OC1. The summed E-state index contributed by atoms with van der Waals surface area (Å²) in [6, 6.07) is 17.2. The fraction of sp³-hybridized carbons (Fsp3) is 0.375. The van der Waals surface area contributed by atoms with E-state index < -0.39 is 11.7 Å². The number of aromatic nitrogens is 4. The molecule has 0 radical (unpaired) electrons. The molecule has 4 heterocycles. The van der Waals surface area contributed by atoms with E-state index in [0.717, 1.165) is 45.8 Å². The zero-order valence-electron chi connectivity index (χ0n) is 24.6. The molecule has 11 nitrogen and oxygen atoms in total. The molecule has 2 aromatic carbocycles. The molecule has 0 aliphatic carbocycles. The van der Waals surface area contributed by atoms with Gasteiger partial charge in [-0.05, 0) is 62.4 Å². The van der Waals surface area contributed by atoms with Crippen molar-refractivity contribution in [2.45, 2.75) is 19.6 Å². The number of amides is 1. The second-order valence-corrected chi connectivity index (χ2v) is 11.2. The van der Waals surface area contributed by atoms with Crippen LogP contribution in [-0.4, -0.2) is 83.3 Å². The number of carbonyl (C=O) groups is 1. The van der Waals surface area contributed by atoms with Crippen LogP contribution < -0.4 is 10.6 Å². The van der Waals surface area contributed by atoms with Gasteiger partial charge in [-0.2, -0.15) is 0 Å². The van der Waals surface area contributed by atoms with E-state index in [2.05, 4.69) is 25.5 Å². The second-order valence-electron chi connectivity index (χ2n) is 11.2. The fourth-order valence-corrected chi connectivity index (χ4v) is 5.12. The minimum Gasteiger partial charge on any atom is -0.379 e. The Kier molecular flexibility index (Phi) is 9.22. The third kappa shape index (κ3) is 7.11. The Hall–Kier alpha value is -4.23. The number of anilines is 2. The van der Waals surface area contributed by atoms with Gasteiger partial charge in [-0.1, -0.05) is 18.2 Å². The van der Waals surface area contributed by atoms with Crippen LogP contribution >= 0.6 is 0 Å². The van der Waals surface area contributed by atoms with Crippen molar-refractivity contribution in [3.63, 3.8) is 0 Å². The maximum absolute atomic E-state index is 13.8. The van der Waals surface area contributed by atoms with E-state index in [1.165, 1.54) is 12.1 Å². The number of benzene rings is 2. The van der Waals surface area contributed by atoms with Gasteiger partial charge in [-0.3, -0.25) is 9.69 Å². The van der Waals surface area contributed by atoms with E-state index in [1.54, 1.807) is 31.3 Å². The first-order chi connectivity index (χ1) is 21.5. The summed E-state index contributed by atoms with van der Waals surface area (Å²) in [5.74, 6) is 0.378. The van der Waals surface area contributed by atoms with Gasteiger partial charge in [-0.25, -0.2) is 19.3 Å². The summed E-state index contributed by atoms with van der Waals surface area (Å²) in [5.41, 5.74) is 2.31. The highest BCUT2D eigenvalue weighted by Crippen LogP contribution is 2.36. The number of H-pyrrole nitrogens is 1. The summed E-state index contributed by atoms with van der Waals surface area (Å²) >= 11 is 0. The van der Waals surface area contributed by atoms with Crippen LogP contribution in [0.4, 0.5) is 16.0 Å². The molecule has 2 fully saturated rings. The Morgan fingerprint density at radius 3 is 2.55 bits per heavy atom. The molecule has 3 N–H and O–H groups in total. The molecule has 1 amide bonds. The van der Waals surface area contributed by atoms with Crippen molar-refractivity contribution in [1.29, 1.82) is 0 Å². The van der Waals surface area contributed by atoms with Crippen LogP contribution in [0, 0.1) is 11.2 Å². The standard InChI is InChI=1S/C32H36FN7O4/c1-32(30(41)36-24-6-3-2-4-7-24)20-43-29(44-21-32)28-38-26(22-8-10-23(33)11-9-22)27(39-28)25-12-14-35-31(37-25)34-13-5-15-40-16-18-42-19-17-40/h2-4,6-12,14,29H,5,13,15-21H2,1H3,(H,36,41)(H,38,39)(H,34,35,37). The fourth-order valence-electron chi connectivity index (χ4n) is 5.12. The predicted octanol–water partition coefficient (Wildman–Crippen LogP) is 4.50. The largest absolute Gasteiger partial charge is 0.379 e. The minimum atomic E-state index is -0.892. The Bertz CT molecular complexity index is 1540. The quantitative estimate of drug-likeness (QED) is 0.225. The first kappa shape index (κ1) is 29.8. The van der Waals surface area contributed by atoms with Crippen LogP contribution in [0.15, 0.2) is 66.9 Å². The molecule has 0 spiro atoms. The van der Waals surface area contributed by atoms with Crippen molar-refractivity contribution in [1.82, 2.24) is 24.8 Å². The molecular formula is C32H36FN7O4. The van der Waals surface area contributed by atoms with Crippen LogP contribution in [0.3, 0.4) is 0 Å². The molecule has 12 heteroatoms. The number of aromatic amines is 1. The summed E-state index contributed by atoms with van der Waals surface area (Å²) < 4.78 is 31.3. The highest BCUT2D eigenvalue weighted by molar-refractivity contribution is 5.95. The van der Waals surface area contributed by atoms with Crippen molar-refractivity contribution in [3.8, 4) is 22.6 Å². The highest BCUT2D eigenvalue weighted by atomic mass is 19.1. The maximum atomic E-state index is 13.8. The summed E-state index contributed by atoms with van der Waals surface area (Å²) in [5, 5.41) is 6.24. The molecule has 0 bridgehead atoms. The summed E-state index contributed by atoms with van der Waals surface area (Å²) in [4.78, 5) is 32.7. The molecule has 2 aromatic heterocycles. The van der Waals surface area contributed by atoms with E-state index in [-0.39, 0.29) is 24.9 Å². The van der Waals surface area contributed by atoms with Crippen molar-refractivity contribution in [2.75, 3.05) is 63.2 Å². The number of para-hydroxylation sites is 1. The lowest BCUT2D eigenvalue weighted by Gasteiger charge is -2.35. The number of nitrogens with one attached hydrogen (secondary N) is 3. The van der Waals surface area contributed by atoms with E-state index in [4.69, 9.17) is 24.2 Å². The summed E-state index contributed by atoms with van der Waals surface area (Å²) in [7, 11) is 0. The van der Waals surface area contributed by atoms with Crippen molar-refractivity contribution < 1.29 is 23.4 Å². The first-order valence-corrected chi connectivity index (χ1v) is 14.8. The molecule has 2 aliphatic rings. The van der Waals surface area contributed by atoms with E-state index in [9.17, 15) is 9.18 Å². The van der Waals surface area contributed by atoms with Crippen molar-refractivity contribution in [3.05, 3.63) is 78.5 Å². The van der Waals surface area contributed by atoms with Crippen LogP contribution in [-0.2, 0) is 19.0 Å². The van der Waals surface area contributed by atoms with Crippen LogP contribution in [0.5, 0.6) is 0 Å². The normalized spacial score (nSPS) is 20.7. The molecule has 44 heavy (non-hydrogen) atoms. The van der Waals surface area contributed by atoms with Gasteiger partial charge in [0.05, 0.1) is 48.9 Å².